The molecule has 0 radical (unpaired) electrons. The topological polar surface area (TPSA) is 49.4 Å². The van der Waals surface area contributed by atoms with E-state index in [2.05, 4.69) is 5.32 Å². The lowest BCUT2D eigenvalue weighted by Gasteiger charge is -2.30. The van der Waals surface area contributed by atoms with Crippen LogP contribution < -0.4 is 5.32 Å². The molecule has 8 heteroatoms. The van der Waals surface area contributed by atoms with Crippen molar-refractivity contribution in [3.8, 4) is 0 Å². The van der Waals surface area contributed by atoms with Crippen molar-refractivity contribution in [2.45, 2.75) is 57.7 Å². The van der Waals surface area contributed by atoms with Gasteiger partial charge in [-0.2, -0.15) is 0 Å². The zero-order chi connectivity index (χ0) is 22.5. The number of halogens is 4. The lowest BCUT2D eigenvalue weighted by Crippen LogP contribution is -2.50. The molecule has 0 bridgehead atoms. The number of amides is 2. The maximum atomic E-state index is 13.3. The Kier molecular flexibility index (Phi) is 8.51. The van der Waals surface area contributed by atoms with Crippen LogP contribution in [0.25, 0.3) is 0 Å². The van der Waals surface area contributed by atoms with E-state index in [4.69, 9.17) is 46.4 Å². The maximum Gasteiger partial charge on any atom is 0.242 e. The minimum atomic E-state index is -0.691. The predicted molar refractivity (Wildman–Crippen MR) is 127 cm³/mol. The molecule has 1 unspecified atom stereocenters. The molecular weight excluding hydrogens is 478 g/mol. The van der Waals surface area contributed by atoms with Gasteiger partial charge < -0.3 is 10.2 Å². The van der Waals surface area contributed by atoms with Gasteiger partial charge in [-0.1, -0.05) is 71.4 Å². The molecule has 4 nitrogen and oxygen atoms in total. The minimum absolute atomic E-state index is 0.0695. The second kappa shape index (κ2) is 10.9. The van der Waals surface area contributed by atoms with Gasteiger partial charge in [-0.15, -0.1) is 0 Å². The van der Waals surface area contributed by atoms with E-state index < -0.39 is 6.04 Å². The molecule has 2 aromatic rings. The summed E-state index contributed by atoms with van der Waals surface area (Å²) in [7, 11) is 0. The molecule has 166 valence electrons. The van der Waals surface area contributed by atoms with Crippen molar-refractivity contribution in [2.75, 3.05) is 0 Å². The van der Waals surface area contributed by atoms with Gasteiger partial charge >= 0.3 is 0 Å². The van der Waals surface area contributed by atoms with E-state index in [9.17, 15) is 9.59 Å². The fraction of sp³-hybridized carbons (Fsp3) is 0.391. The Morgan fingerprint density at radius 2 is 1.65 bits per heavy atom. The van der Waals surface area contributed by atoms with Gasteiger partial charge in [0.2, 0.25) is 11.8 Å². The molecular formula is C23H24Cl4N2O2. The highest BCUT2D eigenvalue weighted by molar-refractivity contribution is 6.42. The molecule has 1 atom stereocenters. The van der Waals surface area contributed by atoms with Crippen molar-refractivity contribution in [1.82, 2.24) is 10.2 Å². The van der Waals surface area contributed by atoms with Crippen LogP contribution in [0.2, 0.25) is 20.1 Å². The third kappa shape index (κ3) is 6.29. The largest absolute Gasteiger partial charge is 0.352 e. The third-order valence-corrected chi connectivity index (χ3v) is 7.05. The molecule has 3 rings (SSSR count). The standard InChI is InChI=1S/C23H24Cl4N2O2/c1-14(23(31)28-16-5-2-3-6-16)29(13-17-18(24)7-4-8-19(17)25)22(30)12-15-9-10-20(26)21(27)11-15/h4,7-11,14,16H,2-3,5-6,12-13H2,1H3,(H,28,31). The van der Waals surface area contributed by atoms with E-state index >= 15 is 0 Å². The quantitative estimate of drug-likeness (QED) is 0.482. The fourth-order valence-electron chi connectivity index (χ4n) is 3.75. The molecule has 31 heavy (non-hydrogen) atoms. The van der Waals surface area contributed by atoms with Gasteiger partial charge in [0.05, 0.1) is 16.5 Å². The van der Waals surface area contributed by atoms with Crippen LogP contribution in [0.3, 0.4) is 0 Å². The van der Waals surface area contributed by atoms with Crippen LogP contribution in [0.15, 0.2) is 36.4 Å². The van der Waals surface area contributed by atoms with Gasteiger partial charge in [-0.3, -0.25) is 9.59 Å². The van der Waals surface area contributed by atoms with Crippen LogP contribution in [-0.4, -0.2) is 28.8 Å². The molecule has 1 aliphatic rings. The second-order valence-corrected chi connectivity index (χ2v) is 9.44. The van der Waals surface area contributed by atoms with Crippen LogP contribution in [0.4, 0.5) is 0 Å². The second-order valence-electron chi connectivity index (χ2n) is 7.81. The highest BCUT2D eigenvalue weighted by Crippen LogP contribution is 2.28. The van der Waals surface area contributed by atoms with E-state index in [0.717, 1.165) is 25.7 Å². The molecule has 0 spiro atoms. The molecule has 1 aliphatic carbocycles. The summed E-state index contributed by atoms with van der Waals surface area (Å²) in [6.45, 7) is 1.85. The molecule has 0 heterocycles. The molecule has 2 aromatic carbocycles. The van der Waals surface area contributed by atoms with E-state index in [1.807, 2.05) is 0 Å². The fourth-order valence-corrected chi connectivity index (χ4v) is 4.59. The van der Waals surface area contributed by atoms with Crippen molar-refractivity contribution >= 4 is 58.2 Å². The molecule has 1 saturated carbocycles. The number of hydrogen-bond donors (Lipinski definition) is 1. The summed E-state index contributed by atoms with van der Waals surface area (Å²) in [5, 5.41) is 4.76. The van der Waals surface area contributed by atoms with Crippen LogP contribution >= 0.6 is 46.4 Å². The Morgan fingerprint density at radius 1 is 1.00 bits per heavy atom. The molecule has 0 saturated heterocycles. The molecule has 0 aliphatic heterocycles. The first kappa shape index (κ1) is 24.2. The Balaban J connectivity index is 1.83. The van der Waals surface area contributed by atoms with Crippen LogP contribution in [0, 0.1) is 0 Å². The maximum absolute atomic E-state index is 13.3. The smallest absolute Gasteiger partial charge is 0.242 e. The van der Waals surface area contributed by atoms with E-state index in [0.29, 0.717) is 31.2 Å². The third-order valence-electron chi connectivity index (χ3n) is 5.60. The summed E-state index contributed by atoms with van der Waals surface area (Å²) in [5.41, 5.74) is 1.31. The first-order chi connectivity index (χ1) is 14.8. The normalized spacial score (nSPS) is 15.0. The average molecular weight is 502 g/mol. The highest BCUT2D eigenvalue weighted by Gasteiger charge is 2.29. The Hall–Kier alpha value is -1.46. The number of carbonyl (C=O) groups excluding carboxylic acids is 2. The summed E-state index contributed by atoms with van der Waals surface area (Å²) < 4.78 is 0. The number of rotatable bonds is 7. The summed E-state index contributed by atoms with van der Waals surface area (Å²) >= 11 is 24.8. The van der Waals surface area contributed by atoms with Crippen molar-refractivity contribution in [2.24, 2.45) is 0 Å². The summed E-state index contributed by atoms with van der Waals surface area (Å²) in [4.78, 5) is 27.8. The van der Waals surface area contributed by atoms with Crippen molar-refractivity contribution < 1.29 is 9.59 Å². The molecule has 1 N–H and O–H groups in total. The minimum Gasteiger partial charge on any atom is -0.352 e. The van der Waals surface area contributed by atoms with Gasteiger partial charge in [0.25, 0.3) is 0 Å². The Bertz CT molecular complexity index is 940. The number of hydrogen-bond acceptors (Lipinski definition) is 2. The van der Waals surface area contributed by atoms with E-state index in [1.54, 1.807) is 43.3 Å². The molecule has 2 amide bonds. The monoisotopic (exact) mass is 500 g/mol. The van der Waals surface area contributed by atoms with Gasteiger partial charge in [0, 0.05) is 28.2 Å². The number of carbonyl (C=O) groups is 2. The van der Waals surface area contributed by atoms with Crippen molar-refractivity contribution in [3.63, 3.8) is 0 Å². The zero-order valence-electron chi connectivity index (χ0n) is 17.1. The van der Waals surface area contributed by atoms with Crippen molar-refractivity contribution in [1.29, 1.82) is 0 Å². The van der Waals surface area contributed by atoms with E-state index in [-0.39, 0.29) is 30.8 Å². The molecule has 0 aromatic heterocycles. The summed E-state index contributed by atoms with van der Waals surface area (Å²) in [6.07, 6.45) is 4.21. The summed E-state index contributed by atoms with van der Waals surface area (Å²) in [5.74, 6) is -0.416. The summed E-state index contributed by atoms with van der Waals surface area (Å²) in [6, 6.07) is 9.70. The number of nitrogens with zero attached hydrogens (tertiary/aromatic N) is 1. The van der Waals surface area contributed by atoms with Crippen LogP contribution in [0.1, 0.15) is 43.7 Å². The first-order valence-electron chi connectivity index (χ1n) is 10.2. The average Bonchev–Trinajstić information content (AvgIpc) is 3.23. The molecule has 1 fully saturated rings. The highest BCUT2D eigenvalue weighted by atomic mass is 35.5. The van der Waals surface area contributed by atoms with Crippen LogP contribution in [0.5, 0.6) is 0 Å². The van der Waals surface area contributed by atoms with Crippen LogP contribution in [-0.2, 0) is 22.6 Å². The number of benzene rings is 2. The van der Waals surface area contributed by atoms with Crippen molar-refractivity contribution in [3.05, 3.63) is 67.6 Å². The lowest BCUT2D eigenvalue weighted by atomic mass is 10.1. The zero-order valence-corrected chi connectivity index (χ0v) is 20.2. The van der Waals surface area contributed by atoms with Gasteiger partial charge in [-0.25, -0.2) is 0 Å². The number of nitrogens with one attached hydrogen (secondary N) is 1. The first-order valence-corrected chi connectivity index (χ1v) is 11.7. The van der Waals surface area contributed by atoms with Gasteiger partial charge in [0.1, 0.15) is 6.04 Å². The van der Waals surface area contributed by atoms with Gasteiger partial charge in [0.15, 0.2) is 0 Å². The lowest BCUT2D eigenvalue weighted by molar-refractivity contribution is -0.140. The predicted octanol–water partition coefficient (Wildman–Crippen LogP) is 6.32. The van der Waals surface area contributed by atoms with E-state index in [1.165, 1.54) is 4.90 Å². The Labute approximate surface area is 202 Å². The SMILES string of the molecule is CC(C(=O)NC1CCCC1)N(Cc1c(Cl)cccc1Cl)C(=O)Cc1ccc(Cl)c(Cl)c1. The van der Waals surface area contributed by atoms with Gasteiger partial charge in [-0.05, 0) is 49.6 Å². The Morgan fingerprint density at radius 3 is 2.26 bits per heavy atom.